The molecule has 1 aliphatic heterocycles. The van der Waals surface area contributed by atoms with E-state index in [1.54, 1.807) is 13.4 Å². The van der Waals surface area contributed by atoms with Crippen molar-refractivity contribution in [3.8, 4) is 0 Å². The number of amides is 1. The second kappa shape index (κ2) is 8.85. The van der Waals surface area contributed by atoms with Gasteiger partial charge in [-0.1, -0.05) is 0 Å². The average molecular weight is 370 g/mol. The SMILES string of the molecule is COCC(=O)N1CCC[C@H](Cc2cc(Nc3nc(C)cc(C)n3)ncn2)C1. The summed E-state index contributed by atoms with van der Waals surface area (Å²) in [5.74, 6) is 1.65. The molecule has 0 bridgehead atoms. The van der Waals surface area contributed by atoms with Crippen molar-refractivity contribution < 1.29 is 9.53 Å². The molecule has 3 heterocycles. The largest absolute Gasteiger partial charge is 0.375 e. The van der Waals surface area contributed by atoms with E-state index in [4.69, 9.17) is 4.74 Å². The second-order valence-electron chi connectivity index (χ2n) is 6.98. The normalized spacial score (nSPS) is 17.0. The van der Waals surface area contributed by atoms with Crippen LogP contribution < -0.4 is 5.32 Å². The van der Waals surface area contributed by atoms with Crippen LogP contribution in [0.4, 0.5) is 11.8 Å². The van der Waals surface area contributed by atoms with Gasteiger partial charge in [0.15, 0.2) is 0 Å². The van der Waals surface area contributed by atoms with E-state index < -0.39 is 0 Å². The molecule has 1 N–H and O–H groups in total. The molecule has 0 radical (unpaired) electrons. The number of rotatable bonds is 6. The van der Waals surface area contributed by atoms with Crippen LogP contribution in [0.1, 0.15) is 29.9 Å². The van der Waals surface area contributed by atoms with E-state index in [2.05, 4.69) is 25.3 Å². The zero-order valence-corrected chi connectivity index (χ0v) is 16.1. The fourth-order valence-corrected chi connectivity index (χ4v) is 3.44. The van der Waals surface area contributed by atoms with Gasteiger partial charge in [0.05, 0.1) is 0 Å². The minimum atomic E-state index is 0.0548. The first-order valence-corrected chi connectivity index (χ1v) is 9.20. The molecule has 2 aromatic heterocycles. The molecule has 0 spiro atoms. The summed E-state index contributed by atoms with van der Waals surface area (Å²) in [5.41, 5.74) is 2.76. The number of anilines is 2. The van der Waals surface area contributed by atoms with Crippen molar-refractivity contribution >= 4 is 17.7 Å². The van der Waals surface area contributed by atoms with Crippen LogP contribution in [0.5, 0.6) is 0 Å². The van der Waals surface area contributed by atoms with Crippen molar-refractivity contribution in [2.75, 3.05) is 32.1 Å². The molecule has 1 saturated heterocycles. The van der Waals surface area contributed by atoms with Gasteiger partial charge in [-0.05, 0) is 45.1 Å². The number of methoxy groups -OCH3 is 1. The van der Waals surface area contributed by atoms with Gasteiger partial charge in [-0.3, -0.25) is 4.79 Å². The predicted molar refractivity (Wildman–Crippen MR) is 102 cm³/mol. The fraction of sp³-hybridized carbons (Fsp3) is 0.526. The number of hydrogen-bond acceptors (Lipinski definition) is 7. The molecule has 0 aliphatic carbocycles. The standard InChI is InChI=1S/C19H26N6O2/c1-13-7-14(2)23-19(22-13)24-17-9-16(20-12-21-17)8-15-5-4-6-25(10-15)18(26)11-27-3/h7,9,12,15H,4-6,8,10-11H2,1-3H3,(H,20,21,22,23,24)/t15-/m1/s1. The van der Waals surface area contributed by atoms with E-state index in [1.807, 2.05) is 30.9 Å². The van der Waals surface area contributed by atoms with Gasteiger partial charge in [0.25, 0.3) is 0 Å². The van der Waals surface area contributed by atoms with Crippen LogP contribution in [0, 0.1) is 19.8 Å². The van der Waals surface area contributed by atoms with Crippen molar-refractivity contribution in [2.45, 2.75) is 33.1 Å². The van der Waals surface area contributed by atoms with Gasteiger partial charge in [0, 0.05) is 43.3 Å². The first-order chi connectivity index (χ1) is 13.0. The van der Waals surface area contributed by atoms with Crippen molar-refractivity contribution in [3.05, 3.63) is 35.5 Å². The summed E-state index contributed by atoms with van der Waals surface area (Å²) in [6.45, 7) is 5.56. The zero-order valence-electron chi connectivity index (χ0n) is 16.1. The fourth-order valence-electron chi connectivity index (χ4n) is 3.44. The van der Waals surface area contributed by atoms with Crippen LogP contribution in [0.15, 0.2) is 18.5 Å². The first-order valence-electron chi connectivity index (χ1n) is 9.20. The summed E-state index contributed by atoms with van der Waals surface area (Å²) >= 11 is 0. The number of carbonyl (C=O) groups is 1. The number of piperidine rings is 1. The Bertz CT molecular complexity index is 777. The summed E-state index contributed by atoms with van der Waals surface area (Å²) in [6, 6.07) is 3.85. The maximum absolute atomic E-state index is 12.1. The molecular weight excluding hydrogens is 344 g/mol. The molecule has 1 fully saturated rings. The van der Waals surface area contributed by atoms with Crippen LogP contribution >= 0.6 is 0 Å². The minimum absolute atomic E-state index is 0.0548. The highest BCUT2D eigenvalue weighted by Gasteiger charge is 2.24. The molecule has 0 aromatic carbocycles. The highest BCUT2D eigenvalue weighted by Crippen LogP contribution is 2.21. The third kappa shape index (κ3) is 5.43. The van der Waals surface area contributed by atoms with Gasteiger partial charge < -0.3 is 15.0 Å². The van der Waals surface area contributed by atoms with Crippen LogP contribution in [-0.4, -0.2) is 57.5 Å². The molecule has 8 heteroatoms. The van der Waals surface area contributed by atoms with Crippen LogP contribution in [-0.2, 0) is 16.0 Å². The number of likely N-dealkylation sites (tertiary alicyclic amines) is 1. The van der Waals surface area contributed by atoms with Gasteiger partial charge in [-0.25, -0.2) is 19.9 Å². The first kappa shape index (κ1) is 19.2. The van der Waals surface area contributed by atoms with Gasteiger partial charge in [0.2, 0.25) is 11.9 Å². The van der Waals surface area contributed by atoms with Crippen LogP contribution in [0.25, 0.3) is 0 Å². The zero-order chi connectivity index (χ0) is 19.2. The Labute approximate surface area is 159 Å². The third-order valence-corrected chi connectivity index (χ3v) is 4.58. The minimum Gasteiger partial charge on any atom is -0.375 e. The molecule has 3 rings (SSSR count). The second-order valence-corrected chi connectivity index (χ2v) is 6.98. The number of ether oxygens (including phenoxy) is 1. The Morgan fingerprint density at radius 1 is 1.26 bits per heavy atom. The van der Waals surface area contributed by atoms with Crippen molar-refractivity contribution in [1.29, 1.82) is 0 Å². The molecule has 1 aliphatic rings. The van der Waals surface area contributed by atoms with Crippen LogP contribution in [0.3, 0.4) is 0 Å². The lowest BCUT2D eigenvalue weighted by Crippen LogP contribution is -2.42. The Kier molecular flexibility index (Phi) is 6.28. The number of nitrogens with zero attached hydrogens (tertiary/aromatic N) is 5. The van der Waals surface area contributed by atoms with E-state index in [1.165, 1.54) is 0 Å². The molecule has 0 saturated carbocycles. The Morgan fingerprint density at radius 3 is 2.78 bits per heavy atom. The molecule has 2 aromatic rings. The van der Waals surface area contributed by atoms with Crippen LogP contribution in [0.2, 0.25) is 0 Å². The monoisotopic (exact) mass is 370 g/mol. The molecule has 1 atom stereocenters. The summed E-state index contributed by atoms with van der Waals surface area (Å²) in [7, 11) is 1.55. The van der Waals surface area contributed by atoms with Gasteiger partial charge in [-0.15, -0.1) is 0 Å². The lowest BCUT2D eigenvalue weighted by Gasteiger charge is -2.32. The van der Waals surface area contributed by atoms with Crippen molar-refractivity contribution in [3.63, 3.8) is 0 Å². The maximum atomic E-state index is 12.1. The predicted octanol–water partition coefficient (Wildman–Crippen LogP) is 2.05. The quantitative estimate of drug-likeness (QED) is 0.832. The Balaban J connectivity index is 1.64. The Morgan fingerprint density at radius 2 is 2.04 bits per heavy atom. The van der Waals surface area contributed by atoms with Gasteiger partial charge >= 0.3 is 0 Å². The Hall–Kier alpha value is -2.61. The summed E-state index contributed by atoms with van der Waals surface area (Å²) in [4.78, 5) is 31.4. The van der Waals surface area contributed by atoms with E-state index in [9.17, 15) is 4.79 Å². The lowest BCUT2D eigenvalue weighted by atomic mass is 9.93. The third-order valence-electron chi connectivity index (χ3n) is 4.58. The number of nitrogens with one attached hydrogen (secondary N) is 1. The van der Waals surface area contributed by atoms with Gasteiger partial charge in [-0.2, -0.15) is 0 Å². The number of aromatic nitrogens is 4. The summed E-state index contributed by atoms with van der Waals surface area (Å²) < 4.78 is 4.97. The molecule has 8 nitrogen and oxygen atoms in total. The van der Waals surface area contributed by atoms with Crippen molar-refractivity contribution in [2.24, 2.45) is 5.92 Å². The van der Waals surface area contributed by atoms with E-state index in [0.29, 0.717) is 17.7 Å². The summed E-state index contributed by atoms with van der Waals surface area (Å²) in [5, 5.41) is 3.15. The molecule has 27 heavy (non-hydrogen) atoms. The maximum Gasteiger partial charge on any atom is 0.248 e. The van der Waals surface area contributed by atoms with E-state index >= 15 is 0 Å². The number of hydrogen-bond donors (Lipinski definition) is 1. The molecule has 144 valence electrons. The van der Waals surface area contributed by atoms with Crippen molar-refractivity contribution in [1.82, 2.24) is 24.8 Å². The smallest absolute Gasteiger partial charge is 0.248 e. The lowest BCUT2D eigenvalue weighted by molar-refractivity contribution is -0.136. The van der Waals surface area contributed by atoms with Gasteiger partial charge in [0.1, 0.15) is 18.8 Å². The highest BCUT2D eigenvalue weighted by atomic mass is 16.5. The van der Waals surface area contributed by atoms with E-state index in [-0.39, 0.29) is 12.5 Å². The molecule has 1 amide bonds. The van der Waals surface area contributed by atoms with E-state index in [0.717, 1.165) is 49.4 Å². The number of aryl methyl sites for hydroxylation is 2. The average Bonchev–Trinajstić information content (AvgIpc) is 2.61. The summed E-state index contributed by atoms with van der Waals surface area (Å²) in [6.07, 6.45) is 4.45. The molecule has 0 unspecified atom stereocenters. The topological polar surface area (TPSA) is 93.1 Å². The molecular formula is C19H26N6O2. The highest BCUT2D eigenvalue weighted by molar-refractivity contribution is 5.77. The number of carbonyl (C=O) groups excluding carboxylic acids is 1.